The van der Waals surface area contributed by atoms with Crippen molar-refractivity contribution >= 4 is 32.6 Å². The fourth-order valence-electron chi connectivity index (χ4n) is 4.44. The van der Waals surface area contributed by atoms with E-state index >= 15 is 0 Å². The molecule has 1 amide bonds. The highest BCUT2D eigenvalue weighted by Crippen LogP contribution is 2.35. The Kier molecular flexibility index (Phi) is 6.88. The van der Waals surface area contributed by atoms with Crippen LogP contribution in [0.5, 0.6) is 5.75 Å². The third-order valence-electron chi connectivity index (χ3n) is 6.08. The Hall–Kier alpha value is -3.22. The van der Waals surface area contributed by atoms with Gasteiger partial charge in [-0.25, -0.2) is 4.98 Å². The maximum Gasteiger partial charge on any atom is 0.240 e. The molecule has 34 heavy (non-hydrogen) atoms. The van der Waals surface area contributed by atoms with Gasteiger partial charge in [-0.05, 0) is 49.1 Å². The molecule has 1 atom stereocenters. The van der Waals surface area contributed by atoms with Gasteiger partial charge in [0, 0.05) is 6.61 Å². The van der Waals surface area contributed by atoms with Gasteiger partial charge in [-0.15, -0.1) is 0 Å². The lowest BCUT2D eigenvalue weighted by Crippen LogP contribution is -2.40. The number of hydrogen-bond acceptors (Lipinski definition) is 5. The summed E-state index contributed by atoms with van der Waals surface area (Å²) in [5.74, 6) is 0.403. The summed E-state index contributed by atoms with van der Waals surface area (Å²) in [6, 6.07) is 25.9. The second-order valence-corrected chi connectivity index (χ2v) is 9.41. The molecular formula is C28H28N2O3S. The van der Waals surface area contributed by atoms with Crippen LogP contribution in [-0.2, 0) is 9.53 Å². The van der Waals surface area contributed by atoms with Crippen molar-refractivity contribution in [2.75, 3.05) is 24.7 Å². The van der Waals surface area contributed by atoms with E-state index in [0.29, 0.717) is 18.3 Å². The smallest absolute Gasteiger partial charge is 0.240 e. The molecule has 0 radical (unpaired) electrons. The first-order chi connectivity index (χ1) is 16.7. The molecule has 0 bridgehead atoms. The number of thiazole rings is 1. The molecule has 174 valence electrons. The Labute approximate surface area is 204 Å². The minimum absolute atomic E-state index is 0.0111. The Balaban J connectivity index is 1.56. The number of aromatic nitrogens is 1. The summed E-state index contributed by atoms with van der Waals surface area (Å²) in [6.45, 7) is 3.81. The van der Waals surface area contributed by atoms with Gasteiger partial charge in [0.05, 0.1) is 35.4 Å². The number of amides is 1. The summed E-state index contributed by atoms with van der Waals surface area (Å²) in [6.07, 6.45) is 1.98. The van der Waals surface area contributed by atoms with E-state index < -0.39 is 5.92 Å². The molecule has 1 fully saturated rings. The molecule has 6 heteroatoms. The highest BCUT2D eigenvalue weighted by molar-refractivity contribution is 7.22. The quantitative estimate of drug-likeness (QED) is 0.314. The van der Waals surface area contributed by atoms with Crippen molar-refractivity contribution in [2.45, 2.75) is 31.8 Å². The first-order valence-electron chi connectivity index (χ1n) is 11.8. The average molecular weight is 473 g/mol. The van der Waals surface area contributed by atoms with E-state index in [9.17, 15) is 4.79 Å². The molecule has 3 aromatic carbocycles. The van der Waals surface area contributed by atoms with E-state index in [1.54, 1.807) is 0 Å². The van der Waals surface area contributed by atoms with Crippen LogP contribution in [-0.4, -0.2) is 36.8 Å². The zero-order chi connectivity index (χ0) is 23.3. The van der Waals surface area contributed by atoms with Crippen molar-refractivity contribution in [1.29, 1.82) is 0 Å². The monoisotopic (exact) mass is 472 g/mol. The molecule has 0 saturated carbocycles. The van der Waals surface area contributed by atoms with Crippen molar-refractivity contribution in [3.05, 3.63) is 90.0 Å². The predicted molar refractivity (Wildman–Crippen MR) is 137 cm³/mol. The SMILES string of the molecule is CCOc1ccc2nc(N(CC3CCCO3)C(=O)C(c3ccccc3)c3ccccc3)sc2c1. The number of nitrogens with zero attached hydrogens (tertiary/aromatic N) is 2. The molecule has 5 nitrogen and oxygen atoms in total. The molecule has 1 aromatic heterocycles. The lowest BCUT2D eigenvalue weighted by atomic mass is 9.90. The number of carbonyl (C=O) groups excluding carboxylic acids is 1. The van der Waals surface area contributed by atoms with Crippen molar-refractivity contribution < 1.29 is 14.3 Å². The Morgan fingerprint density at radius 2 is 1.79 bits per heavy atom. The lowest BCUT2D eigenvalue weighted by molar-refractivity contribution is -0.119. The van der Waals surface area contributed by atoms with Gasteiger partial charge >= 0.3 is 0 Å². The van der Waals surface area contributed by atoms with Crippen LogP contribution >= 0.6 is 11.3 Å². The normalized spacial score (nSPS) is 15.6. The van der Waals surface area contributed by atoms with Crippen LogP contribution in [0.2, 0.25) is 0 Å². The molecular weight excluding hydrogens is 444 g/mol. The summed E-state index contributed by atoms with van der Waals surface area (Å²) >= 11 is 1.52. The maximum absolute atomic E-state index is 14.3. The maximum atomic E-state index is 14.3. The molecule has 5 rings (SSSR count). The number of fused-ring (bicyclic) bond motifs is 1. The number of ether oxygens (including phenoxy) is 2. The largest absolute Gasteiger partial charge is 0.494 e. The van der Waals surface area contributed by atoms with Crippen molar-refractivity contribution in [2.24, 2.45) is 0 Å². The molecule has 4 aromatic rings. The fraction of sp³-hybridized carbons (Fsp3) is 0.286. The van der Waals surface area contributed by atoms with E-state index in [4.69, 9.17) is 14.5 Å². The first-order valence-corrected chi connectivity index (χ1v) is 12.6. The third-order valence-corrected chi connectivity index (χ3v) is 7.12. The van der Waals surface area contributed by atoms with Gasteiger partial charge in [0.1, 0.15) is 5.75 Å². The van der Waals surface area contributed by atoms with Crippen molar-refractivity contribution in [3.8, 4) is 5.75 Å². The average Bonchev–Trinajstić information content (AvgIpc) is 3.54. The summed E-state index contributed by atoms with van der Waals surface area (Å²) in [7, 11) is 0. The number of benzene rings is 3. The van der Waals surface area contributed by atoms with Crippen LogP contribution in [0.15, 0.2) is 78.9 Å². The molecule has 2 heterocycles. The number of anilines is 1. The fourth-order valence-corrected chi connectivity index (χ4v) is 5.45. The van der Waals surface area contributed by atoms with Crippen LogP contribution in [0.4, 0.5) is 5.13 Å². The number of carbonyl (C=O) groups is 1. The van der Waals surface area contributed by atoms with E-state index in [2.05, 4.69) is 0 Å². The molecule has 0 spiro atoms. The van der Waals surface area contributed by atoms with Crippen LogP contribution in [0, 0.1) is 0 Å². The summed E-state index contributed by atoms with van der Waals surface area (Å²) < 4.78 is 12.6. The zero-order valence-corrected chi connectivity index (χ0v) is 20.0. The number of hydrogen-bond donors (Lipinski definition) is 0. The standard InChI is InChI=1S/C28H28N2O3S/c1-2-32-22-15-16-24-25(18-22)34-28(29-24)30(19-23-14-9-17-33-23)27(31)26(20-10-5-3-6-11-20)21-12-7-4-8-13-21/h3-8,10-13,15-16,18,23,26H,2,9,14,17,19H2,1H3. The van der Waals surface area contributed by atoms with E-state index in [-0.39, 0.29) is 12.0 Å². The lowest BCUT2D eigenvalue weighted by Gasteiger charge is -2.28. The molecule has 1 saturated heterocycles. The second kappa shape index (κ2) is 10.4. The van der Waals surface area contributed by atoms with Gasteiger partial charge in [-0.3, -0.25) is 9.69 Å². The van der Waals surface area contributed by atoms with Crippen LogP contribution in [0.25, 0.3) is 10.2 Å². The Morgan fingerprint density at radius 1 is 1.09 bits per heavy atom. The van der Waals surface area contributed by atoms with Crippen molar-refractivity contribution in [1.82, 2.24) is 4.98 Å². The van der Waals surface area contributed by atoms with Gasteiger partial charge < -0.3 is 9.47 Å². The molecule has 1 unspecified atom stereocenters. The van der Waals surface area contributed by atoms with Crippen LogP contribution in [0.3, 0.4) is 0 Å². The Morgan fingerprint density at radius 3 is 2.41 bits per heavy atom. The minimum Gasteiger partial charge on any atom is -0.494 e. The number of rotatable bonds is 8. The molecule has 0 N–H and O–H groups in total. The van der Waals surface area contributed by atoms with Gasteiger partial charge in [0.2, 0.25) is 5.91 Å². The van der Waals surface area contributed by atoms with Gasteiger partial charge in [0.25, 0.3) is 0 Å². The van der Waals surface area contributed by atoms with E-state index in [0.717, 1.165) is 46.5 Å². The topological polar surface area (TPSA) is 51.7 Å². The Bertz CT molecular complexity index is 1200. The van der Waals surface area contributed by atoms with Gasteiger partial charge in [-0.1, -0.05) is 72.0 Å². The highest BCUT2D eigenvalue weighted by Gasteiger charge is 2.32. The molecule has 0 aliphatic carbocycles. The highest BCUT2D eigenvalue weighted by atomic mass is 32.1. The van der Waals surface area contributed by atoms with Gasteiger partial charge in [0.15, 0.2) is 5.13 Å². The molecule has 1 aliphatic rings. The molecule has 1 aliphatic heterocycles. The second-order valence-electron chi connectivity index (χ2n) is 8.40. The predicted octanol–water partition coefficient (Wildman–Crippen LogP) is 6.04. The minimum atomic E-state index is -0.421. The van der Waals surface area contributed by atoms with E-state index in [1.807, 2.05) is 90.7 Å². The van der Waals surface area contributed by atoms with Crippen LogP contribution in [0.1, 0.15) is 36.8 Å². The zero-order valence-electron chi connectivity index (χ0n) is 19.2. The van der Waals surface area contributed by atoms with Crippen LogP contribution < -0.4 is 9.64 Å². The summed E-state index contributed by atoms with van der Waals surface area (Å²) in [5.41, 5.74) is 2.80. The van der Waals surface area contributed by atoms with Gasteiger partial charge in [-0.2, -0.15) is 0 Å². The van der Waals surface area contributed by atoms with E-state index in [1.165, 1.54) is 11.3 Å². The summed E-state index contributed by atoms with van der Waals surface area (Å²) in [5, 5.41) is 0.695. The first kappa shape index (κ1) is 22.6. The third kappa shape index (κ3) is 4.83. The van der Waals surface area contributed by atoms with Crippen molar-refractivity contribution in [3.63, 3.8) is 0 Å². The summed E-state index contributed by atoms with van der Waals surface area (Å²) in [4.78, 5) is 21.0.